The molecule has 1 aromatic rings. The Hall–Kier alpha value is -2.15. The molecule has 7 heteroatoms. The third-order valence-corrected chi connectivity index (χ3v) is 4.51. The van der Waals surface area contributed by atoms with Crippen molar-refractivity contribution in [1.82, 2.24) is 9.80 Å². The van der Waals surface area contributed by atoms with Crippen molar-refractivity contribution in [1.29, 1.82) is 0 Å². The molecule has 6 nitrogen and oxygen atoms in total. The molecule has 2 aliphatic heterocycles. The average Bonchev–Trinajstić information content (AvgIpc) is 3.06. The first-order valence-corrected chi connectivity index (χ1v) is 7.71. The summed E-state index contributed by atoms with van der Waals surface area (Å²) in [6, 6.07) is 5.36. The zero-order valence-corrected chi connectivity index (χ0v) is 13.0. The Bertz CT molecular complexity index is 593. The van der Waals surface area contributed by atoms with E-state index < -0.39 is 0 Å². The zero-order valence-electron chi connectivity index (χ0n) is 13.0. The highest BCUT2D eigenvalue weighted by Crippen LogP contribution is 2.32. The summed E-state index contributed by atoms with van der Waals surface area (Å²) >= 11 is 0. The van der Waals surface area contributed by atoms with Gasteiger partial charge in [-0.2, -0.15) is 0 Å². The highest BCUT2D eigenvalue weighted by molar-refractivity contribution is 5.91. The maximum absolute atomic E-state index is 12.9. The number of carbonyl (C=O) groups is 2. The number of hydrogen-bond donors (Lipinski definition) is 1. The van der Waals surface area contributed by atoms with E-state index in [2.05, 4.69) is 5.32 Å². The van der Waals surface area contributed by atoms with Gasteiger partial charge in [0.05, 0.1) is 18.7 Å². The summed E-state index contributed by atoms with van der Waals surface area (Å²) in [6.45, 7) is 1.67. The van der Waals surface area contributed by atoms with E-state index in [1.54, 1.807) is 12.0 Å². The Morgan fingerprint density at radius 2 is 2.09 bits per heavy atom. The monoisotopic (exact) mass is 321 g/mol. The van der Waals surface area contributed by atoms with Gasteiger partial charge in [-0.1, -0.05) is 0 Å². The van der Waals surface area contributed by atoms with Gasteiger partial charge in [0.2, 0.25) is 5.91 Å². The van der Waals surface area contributed by atoms with Gasteiger partial charge in [0.25, 0.3) is 0 Å². The van der Waals surface area contributed by atoms with E-state index >= 15 is 0 Å². The molecule has 0 bridgehead atoms. The number of nitrogens with one attached hydrogen (secondary N) is 1. The lowest BCUT2D eigenvalue weighted by Crippen LogP contribution is -2.42. The lowest BCUT2D eigenvalue weighted by atomic mass is 10.1. The van der Waals surface area contributed by atoms with E-state index in [0.717, 1.165) is 6.42 Å². The van der Waals surface area contributed by atoms with Crippen LogP contribution in [-0.4, -0.2) is 60.6 Å². The second-order valence-electron chi connectivity index (χ2n) is 5.84. The van der Waals surface area contributed by atoms with Gasteiger partial charge in [-0.15, -0.1) is 0 Å². The topological polar surface area (TPSA) is 61.9 Å². The third-order valence-electron chi connectivity index (χ3n) is 4.51. The maximum atomic E-state index is 12.9. The van der Waals surface area contributed by atoms with E-state index in [4.69, 9.17) is 4.74 Å². The molecule has 2 heterocycles. The van der Waals surface area contributed by atoms with Crippen LogP contribution in [0, 0.1) is 5.82 Å². The minimum atomic E-state index is -0.348. The molecular weight excluding hydrogens is 301 g/mol. The van der Waals surface area contributed by atoms with Gasteiger partial charge in [0.15, 0.2) is 0 Å². The van der Waals surface area contributed by atoms with Crippen molar-refractivity contribution in [2.24, 2.45) is 0 Å². The highest BCUT2D eigenvalue weighted by Gasteiger charge is 2.48. The summed E-state index contributed by atoms with van der Waals surface area (Å²) in [6.07, 6.45) is 1.13. The average molecular weight is 321 g/mol. The fourth-order valence-corrected chi connectivity index (χ4v) is 3.39. The summed E-state index contributed by atoms with van der Waals surface area (Å²) in [5, 5.41) is 2.76. The van der Waals surface area contributed by atoms with Crippen LogP contribution in [0.1, 0.15) is 12.8 Å². The zero-order chi connectivity index (χ0) is 16.4. The highest BCUT2D eigenvalue weighted by atomic mass is 19.1. The fourth-order valence-electron chi connectivity index (χ4n) is 3.39. The van der Waals surface area contributed by atoms with Crippen molar-refractivity contribution in [3.63, 3.8) is 0 Å². The molecule has 0 radical (unpaired) electrons. The van der Waals surface area contributed by atoms with Gasteiger partial charge >= 0.3 is 6.03 Å². The molecule has 0 unspecified atom stereocenters. The van der Waals surface area contributed by atoms with E-state index in [9.17, 15) is 14.0 Å². The Morgan fingerprint density at radius 1 is 1.35 bits per heavy atom. The van der Waals surface area contributed by atoms with Crippen LogP contribution in [0.4, 0.5) is 14.9 Å². The molecule has 124 valence electrons. The smallest absolute Gasteiger partial charge is 0.322 e. The number of halogens is 1. The lowest BCUT2D eigenvalue weighted by molar-refractivity contribution is -0.129. The number of benzene rings is 1. The maximum Gasteiger partial charge on any atom is 0.322 e. The number of anilines is 1. The van der Waals surface area contributed by atoms with Crippen LogP contribution in [0.25, 0.3) is 0 Å². The van der Waals surface area contributed by atoms with Crippen molar-refractivity contribution >= 4 is 17.6 Å². The quantitative estimate of drug-likeness (QED) is 0.918. The largest absolute Gasteiger partial charge is 0.383 e. The molecule has 0 saturated carbocycles. The molecule has 23 heavy (non-hydrogen) atoms. The van der Waals surface area contributed by atoms with Crippen LogP contribution in [0.15, 0.2) is 24.3 Å². The Balaban J connectivity index is 1.64. The van der Waals surface area contributed by atoms with Crippen molar-refractivity contribution < 1.29 is 18.7 Å². The first-order chi connectivity index (χ1) is 11.1. The lowest BCUT2D eigenvalue weighted by Gasteiger charge is -2.25. The summed E-state index contributed by atoms with van der Waals surface area (Å²) in [4.78, 5) is 28.1. The van der Waals surface area contributed by atoms with Crippen LogP contribution in [-0.2, 0) is 9.53 Å². The molecule has 1 aromatic carbocycles. The van der Waals surface area contributed by atoms with Crippen LogP contribution in [0.2, 0.25) is 0 Å². The number of fused-ring (bicyclic) bond motifs is 1. The minimum absolute atomic E-state index is 0.0660. The Morgan fingerprint density at radius 3 is 2.78 bits per heavy atom. The van der Waals surface area contributed by atoms with Crippen LogP contribution in [0.3, 0.4) is 0 Å². The molecule has 2 atom stereocenters. The summed E-state index contributed by atoms with van der Waals surface area (Å²) in [7, 11) is 1.61. The molecule has 2 saturated heterocycles. The first-order valence-electron chi connectivity index (χ1n) is 7.71. The summed E-state index contributed by atoms with van der Waals surface area (Å²) in [5.74, 6) is -0.282. The number of nitrogens with zero attached hydrogens (tertiary/aromatic N) is 2. The van der Waals surface area contributed by atoms with Gasteiger partial charge in [-0.05, 0) is 30.7 Å². The van der Waals surface area contributed by atoms with Gasteiger partial charge in [0, 0.05) is 32.3 Å². The van der Waals surface area contributed by atoms with E-state index in [0.29, 0.717) is 31.8 Å². The SMILES string of the molecule is COCCN1C(=O)C[C@H]2[C@H]1CCN2C(=O)Nc1ccc(F)cc1. The van der Waals surface area contributed by atoms with E-state index in [-0.39, 0.29) is 29.8 Å². The fraction of sp³-hybridized carbons (Fsp3) is 0.500. The number of methoxy groups -OCH3 is 1. The summed E-state index contributed by atoms with van der Waals surface area (Å²) in [5.41, 5.74) is 0.542. The van der Waals surface area contributed by atoms with Crippen LogP contribution in [0.5, 0.6) is 0 Å². The second kappa shape index (κ2) is 6.54. The standard InChI is InChI=1S/C16H20FN3O3/c1-23-9-8-19-13-6-7-20(14(13)10-15(19)21)16(22)18-12-4-2-11(17)3-5-12/h2-5,13-14H,6-10H2,1H3,(H,18,22)/t13-,14+/m1/s1. The van der Waals surface area contributed by atoms with E-state index in [1.165, 1.54) is 24.3 Å². The molecule has 0 aromatic heterocycles. The van der Waals surface area contributed by atoms with Crippen LogP contribution < -0.4 is 5.32 Å². The number of ether oxygens (including phenoxy) is 1. The number of hydrogen-bond acceptors (Lipinski definition) is 3. The first kappa shape index (κ1) is 15.7. The van der Waals surface area contributed by atoms with Crippen LogP contribution >= 0.6 is 0 Å². The molecule has 2 fully saturated rings. The van der Waals surface area contributed by atoms with Gasteiger partial charge < -0.3 is 19.9 Å². The number of carbonyl (C=O) groups excluding carboxylic acids is 2. The van der Waals surface area contributed by atoms with Gasteiger partial charge in [0.1, 0.15) is 5.82 Å². The molecule has 1 N–H and O–H groups in total. The Kier molecular flexibility index (Phi) is 4.47. The summed E-state index contributed by atoms with van der Waals surface area (Å²) < 4.78 is 18.0. The number of rotatable bonds is 4. The van der Waals surface area contributed by atoms with Crippen molar-refractivity contribution in [3.05, 3.63) is 30.1 Å². The van der Waals surface area contributed by atoms with Crippen molar-refractivity contribution in [2.75, 3.05) is 32.1 Å². The molecule has 3 rings (SSSR count). The van der Waals surface area contributed by atoms with Gasteiger partial charge in [-0.25, -0.2) is 9.18 Å². The second-order valence-corrected chi connectivity index (χ2v) is 5.84. The molecule has 0 aliphatic carbocycles. The number of amides is 3. The normalized spacial score (nSPS) is 23.3. The minimum Gasteiger partial charge on any atom is -0.383 e. The molecule has 0 spiro atoms. The molecule has 3 amide bonds. The van der Waals surface area contributed by atoms with Crippen molar-refractivity contribution in [2.45, 2.75) is 24.9 Å². The third kappa shape index (κ3) is 3.14. The van der Waals surface area contributed by atoms with Crippen molar-refractivity contribution in [3.8, 4) is 0 Å². The molecular formula is C16H20FN3O3. The predicted octanol–water partition coefficient (Wildman–Crippen LogP) is 1.68. The predicted molar refractivity (Wildman–Crippen MR) is 82.5 cm³/mol. The van der Waals surface area contributed by atoms with E-state index in [1.807, 2.05) is 4.90 Å². The Labute approximate surface area is 134 Å². The number of urea groups is 1. The molecule has 2 aliphatic rings. The van der Waals surface area contributed by atoms with Gasteiger partial charge in [-0.3, -0.25) is 4.79 Å². The number of likely N-dealkylation sites (tertiary alicyclic amines) is 2.